The average Bonchev–Trinajstić information content (AvgIpc) is 3.30. The predicted molar refractivity (Wildman–Crippen MR) is 116 cm³/mol. The van der Waals surface area contributed by atoms with Crippen LogP contribution in [0.5, 0.6) is 5.75 Å². The largest absolute Gasteiger partial charge is 0.496 e. The van der Waals surface area contributed by atoms with Gasteiger partial charge in [-0.1, -0.05) is 12.1 Å². The van der Waals surface area contributed by atoms with Crippen LogP contribution in [-0.2, 0) is 0 Å². The van der Waals surface area contributed by atoms with Crippen LogP contribution in [0.2, 0.25) is 0 Å². The highest BCUT2D eigenvalue weighted by molar-refractivity contribution is 6.06. The summed E-state index contributed by atoms with van der Waals surface area (Å²) < 4.78 is 5.24. The molecule has 0 unspecified atom stereocenters. The molecular weight excluding hydrogens is 364 g/mol. The van der Waals surface area contributed by atoms with Gasteiger partial charge in [-0.05, 0) is 61.4 Å². The number of amides is 1. The first kappa shape index (κ1) is 18.8. The average molecular weight is 388 g/mol. The van der Waals surface area contributed by atoms with E-state index in [0.717, 1.165) is 18.8 Å². The third kappa shape index (κ3) is 4.48. The van der Waals surface area contributed by atoms with Gasteiger partial charge in [0.15, 0.2) is 0 Å². The Bertz CT molecular complexity index is 965. The van der Waals surface area contributed by atoms with Crippen molar-refractivity contribution in [3.8, 4) is 5.75 Å². The van der Waals surface area contributed by atoms with Crippen LogP contribution in [0.3, 0.4) is 0 Å². The first-order valence-corrected chi connectivity index (χ1v) is 9.75. The number of nitrogens with zero attached hydrogens (tertiary/aromatic N) is 2. The zero-order chi connectivity index (χ0) is 20.1. The number of hydrogen-bond acceptors (Lipinski definition) is 5. The maximum absolute atomic E-state index is 12.5. The van der Waals surface area contributed by atoms with Crippen molar-refractivity contribution in [1.82, 2.24) is 4.98 Å². The normalized spacial score (nSPS) is 13.2. The van der Waals surface area contributed by atoms with Crippen molar-refractivity contribution in [2.45, 2.75) is 12.8 Å². The Morgan fingerprint density at radius 2 is 1.69 bits per heavy atom. The number of aromatic nitrogens is 1. The molecule has 2 aromatic carbocycles. The molecule has 6 heteroatoms. The Hall–Kier alpha value is -3.54. The highest BCUT2D eigenvalue weighted by atomic mass is 16.5. The predicted octanol–water partition coefficient (Wildman–Crippen LogP) is 4.69. The number of carbonyl (C=O) groups is 1. The van der Waals surface area contributed by atoms with Gasteiger partial charge in [-0.25, -0.2) is 4.98 Å². The van der Waals surface area contributed by atoms with E-state index >= 15 is 0 Å². The van der Waals surface area contributed by atoms with Crippen molar-refractivity contribution in [3.63, 3.8) is 0 Å². The van der Waals surface area contributed by atoms with Gasteiger partial charge in [0.1, 0.15) is 11.6 Å². The SMILES string of the molecule is COc1ccccc1C(=O)Nc1ccc(Nc2ccc(N3CCCC3)cc2)nc1. The van der Waals surface area contributed by atoms with Crippen LogP contribution < -0.4 is 20.3 Å². The number of ether oxygens (including phenoxy) is 1. The monoisotopic (exact) mass is 388 g/mol. The van der Waals surface area contributed by atoms with E-state index in [4.69, 9.17) is 4.74 Å². The first-order chi connectivity index (χ1) is 14.2. The van der Waals surface area contributed by atoms with Crippen molar-refractivity contribution in [2.75, 3.05) is 35.7 Å². The van der Waals surface area contributed by atoms with E-state index in [1.54, 1.807) is 31.5 Å². The summed E-state index contributed by atoms with van der Waals surface area (Å²) in [7, 11) is 1.55. The van der Waals surface area contributed by atoms with Crippen LogP contribution in [0, 0.1) is 0 Å². The molecule has 1 saturated heterocycles. The minimum atomic E-state index is -0.234. The molecule has 0 spiro atoms. The summed E-state index contributed by atoms with van der Waals surface area (Å²) in [4.78, 5) is 19.3. The molecule has 1 aliphatic heterocycles. The van der Waals surface area contributed by atoms with Crippen molar-refractivity contribution < 1.29 is 9.53 Å². The summed E-state index contributed by atoms with van der Waals surface area (Å²) in [5, 5.41) is 6.14. The lowest BCUT2D eigenvalue weighted by atomic mass is 10.2. The molecule has 4 rings (SSSR count). The van der Waals surface area contributed by atoms with Crippen LogP contribution in [-0.4, -0.2) is 31.1 Å². The summed E-state index contributed by atoms with van der Waals surface area (Å²) >= 11 is 0. The van der Waals surface area contributed by atoms with Gasteiger partial charge >= 0.3 is 0 Å². The van der Waals surface area contributed by atoms with E-state index in [9.17, 15) is 4.79 Å². The van der Waals surface area contributed by atoms with Gasteiger partial charge in [0.2, 0.25) is 0 Å². The molecule has 1 fully saturated rings. The Kier molecular flexibility index (Phi) is 5.61. The quantitative estimate of drug-likeness (QED) is 0.641. The topological polar surface area (TPSA) is 66.5 Å². The Balaban J connectivity index is 1.38. The summed E-state index contributed by atoms with van der Waals surface area (Å²) in [6.07, 6.45) is 4.17. The standard InChI is InChI=1S/C23H24N4O2/c1-29-21-7-3-2-6-20(21)23(28)26-18-10-13-22(24-16-18)25-17-8-11-19(12-9-17)27-14-4-5-15-27/h2-3,6-13,16H,4-5,14-15H2,1H3,(H,24,25)(H,26,28). The molecule has 6 nitrogen and oxygen atoms in total. The lowest BCUT2D eigenvalue weighted by molar-refractivity contribution is 0.102. The van der Waals surface area contributed by atoms with Crippen molar-refractivity contribution >= 4 is 28.8 Å². The van der Waals surface area contributed by atoms with Crippen LogP contribution >= 0.6 is 0 Å². The Labute approximate surface area is 170 Å². The Morgan fingerprint density at radius 3 is 2.38 bits per heavy atom. The van der Waals surface area contributed by atoms with E-state index in [0.29, 0.717) is 22.8 Å². The minimum Gasteiger partial charge on any atom is -0.496 e. The molecule has 1 amide bonds. The summed E-state index contributed by atoms with van der Waals surface area (Å²) in [6.45, 7) is 2.27. The molecule has 0 aliphatic carbocycles. The van der Waals surface area contributed by atoms with Crippen LogP contribution in [0.4, 0.5) is 22.9 Å². The maximum atomic E-state index is 12.5. The van der Waals surface area contributed by atoms with Crippen LogP contribution in [0.15, 0.2) is 66.9 Å². The van der Waals surface area contributed by atoms with E-state index < -0.39 is 0 Å². The molecule has 0 saturated carbocycles. The highest BCUT2D eigenvalue weighted by Gasteiger charge is 2.13. The second-order valence-electron chi connectivity index (χ2n) is 6.95. The summed E-state index contributed by atoms with van der Waals surface area (Å²) in [5.41, 5.74) is 3.34. The van der Waals surface area contributed by atoms with Crippen molar-refractivity contribution in [1.29, 1.82) is 0 Å². The molecule has 0 atom stereocenters. The summed E-state index contributed by atoms with van der Waals surface area (Å²) in [5.74, 6) is 1.02. The lowest BCUT2D eigenvalue weighted by Gasteiger charge is -2.18. The minimum absolute atomic E-state index is 0.234. The number of carbonyl (C=O) groups excluding carboxylic acids is 1. The number of rotatable bonds is 6. The first-order valence-electron chi connectivity index (χ1n) is 9.75. The molecular formula is C23H24N4O2. The van der Waals surface area contributed by atoms with Gasteiger partial charge in [-0.3, -0.25) is 4.79 Å². The zero-order valence-corrected chi connectivity index (χ0v) is 16.4. The summed E-state index contributed by atoms with van der Waals surface area (Å²) in [6, 6.07) is 19.2. The van der Waals surface area contributed by atoms with E-state index in [1.807, 2.05) is 18.2 Å². The third-order valence-corrected chi connectivity index (χ3v) is 4.98. The van der Waals surface area contributed by atoms with Gasteiger partial charge in [0.25, 0.3) is 5.91 Å². The number of para-hydroxylation sites is 1. The molecule has 2 N–H and O–H groups in total. The van der Waals surface area contributed by atoms with E-state index in [1.165, 1.54) is 18.5 Å². The smallest absolute Gasteiger partial charge is 0.259 e. The number of nitrogens with one attached hydrogen (secondary N) is 2. The number of anilines is 4. The number of hydrogen-bond donors (Lipinski definition) is 2. The molecule has 3 aromatic rings. The molecule has 1 aromatic heterocycles. The molecule has 29 heavy (non-hydrogen) atoms. The fourth-order valence-corrected chi connectivity index (χ4v) is 3.45. The van der Waals surface area contributed by atoms with E-state index in [-0.39, 0.29) is 5.91 Å². The van der Waals surface area contributed by atoms with E-state index in [2.05, 4.69) is 44.8 Å². The maximum Gasteiger partial charge on any atom is 0.259 e. The lowest BCUT2D eigenvalue weighted by Crippen LogP contribution is -2.17. The van der Waals surface area contributed by atoms with Crippen LogP contribution in [0.25, 0.3) is 0 Å². The van der Waals surface area contributed by atoms with Crippen LogP contribution in [0.1, 0.15) is 23.2 Å². The third-order valence-electron chi connectivity index (χ3n) is 4.98. The zero-order valence-electron chi connectivity index (χ0n) is 16.4. The van der Waals surface area contributed by atoms with Gasteiger partial charge in [0, 0.05) is 24.5 Å². The van der Waals surface area contributed by atoms with Crippen molar-refractivity contribution in [2.24, 2.45) is 0 Å². The molecule has 0 bridgehead atoms. The fourth-order valence-electron chi connectivity index (χ4n) is 3.45. The molecule has 2 heterocycles. The Morgan fingerprint density at radius 1 is 0.966 bits per heavy atom. The molecule has 1 aliphatic rings. The highest BCUT2D eigenvalue weighted by Crippen LogP contribution is 2.24. The van der Waals surface area contributed by atoms with Gasteiger partial charge in [-0.2, -0.15) is 0 Å². The van der Waals surface area contributed by atoms with Gasteiger partial charge in [-0.15, -0.1) is 0 Å². The number of pyridine rings is 1. The second kappa shape index (κ2) is 8.65. The fraction of sp³-hybridized carbons (Fsp3) is 0.217. The number of benzene rings is 2. The van der Waals surface area contributed by atoms with Gasteiger partial charge in [0.05, 0.1) is 24.6 Å². The second-order valence-corrected chi connectivity index (χ2v) is 6.95. The molecule has 0 radical (unpaired) electrons. The molecule has 148 valence electrons. The number of methoxy groups -OCH3 is 1. The van der Waals surface area contributed by atoms with Crippen molar-refractivity contribution in [3.05, 3.63) is 72.4 Å². The van der Waals surface area contributed by atoms with Gasteiger partial charge < -0.3 is 20.3 Å².